The van der Waals surface area contributed by atoms with Gasteiger partial charge in [0, 0.05) is 32.4 Å². The monoisotopic (exact) mass is 291 g/mol. The average Bonchev–Trinajstić information content (AvgIpc) is 2.38. The van der Waals surface area contributed by atoms with Crippen LogP contribution in [0.25, 0.3) is 0 Å². The molecule has 0 aliphatic carbocycles. The standard InChI is InChI=1S/C17H29N3O/c1-5-8-18-9-15-6-7-16(19-10-15)12-20-11-14(2)21-17(3,4)13-20/h6-7,10,14,18H,5,8-9,11-13H2,1-4H3. The minimum absolute atomic E-state index is 0.0678. The first-order valence-corrected chi connectivity index (χ1v) is 8.03. The van der Waals surface area contributed by atoms with Crippen LogP contribution in [-0.2, 0) is 17.8 Å². The maximum absolute atomic E-state index is 5.95. The van der Waals surface area contributed by atoms with E-state index < -0.39 is 0 Å². The number of hydrogen-bond donors (Lipinski definition) is 1. The van der Waals surface area contributed by atoms with Crippen LogP contribution >= 0.6 is 0 Å². The third-order valence-corrected chi connectivity index (χ3v) is 3.67. The smallest absolute Gasteiger partial charge is 0.0757 e. The van der Waals surface area contributed by atoms with Crippen LogP contribution in [0, 0.1) is 0 Å². The van der Waals surface area contributed by atoms with Crippen molar-refractivity contribution < 1.29 is 4.74 Å². The van der Waals surface area contributed by atoms with Crippen molar-refractivity contribution in [2.45, 2.75) is 58.9 Å². The van der Waals surface area contributed by atoms with Gasteiger partial charge in [-0.2, -0.15) is 0 Å². The summed E-state index contributed by atoms with van der Waals surface area (Å²) in [4.78, 5) is 7.04. The fourth-order valence-electron chi connectivity index (χ4n) is 3.00. The predicted molar refractivity (Wildman–Crippen MR) is 86.1 cm³/mol. The molecule has 0 spiro atoms. The topological polar surface area (TPSA) is 37.4 Å². The number of hydrogen-bond acceptors (Lipinski definition) is 4. The van der Waals surface area contributed by atoms with Gasteiger partial charge in [-0.05, 0) is 45.4 Å². The van der Waals surface area contributed by atoms with Gasteiger partial charge in [0.05, 0.1) is 17.4 Å². The van der Waals surface area contributed by atoms with Crippen LogP contribution in [-0.4, -0.2) is 41.2 Å². The van der Waals surface area contributed by atoms with Gasteiger partial charge in [0.1, 0.15) is 0 Å². The number of pyridine rings is 1. The molecule has 2 heterocycles. The molecular weight excluding hydrogens is 262 g/mol. The molecule has 1 atom stereocenters. The van der Waals surface area contributed by atoms with E-state index in [1.54, 1.807) is 0 Å². The molecule has 1 aliphatic rings. The van der Waals surface area contributed by atoms with Crippen LogP contribution in [0.1, 0.15) is 45.4 Å². The van der Waals surface area contributed by atoms with Crippen LogP contribution in [0.5, 0.6) is 0 Å². The number of aromatic nitrogens is 1. The van der Waals surface area contributed by atoms with Crippen molar-refractivity contribution >= 4 is 0 Å². The first-order valence-electron chi connectivity index (χ1n) is 8.03. The Hall–Kier alpha value is -0.970. The molecule has 1 fully saturated rings. The molecular formula is C17H29N3O. The highest BCUT2D eigenvalue weighted by atomic mass is 16.5. The van der Waals surface area contributed by atoms with Crippen LogP contribution in [0.2, 0.25) is 0 Å². The average molecular weight is 291 g/mol. The van der Waals surface area contributed by atoms with Crippen molar-refractivity contribution in [3.05, 3.63) is 29.6 Å². The quantitative estimate of drug-likeness (QED) is 0.818. The van der Waals surface area contributed by atoms with Gasteiger partial charge in [-0.1, -0.05) is 13.0 Å². The van der Waals surface area contributed by atoms with Crippen molar-refractivity contribution in [2.75, 3.05) is 19.6 Å². The molecule has 1 saturated heterocycles. The molecule has 1 aromatic rings. The van der Waals surface area contributed by atoms with Gasteiger partial charge in [-0.15, -0.1) is 0 Å². The Balaban J connectivity index is 1.88. The van der Waals surface area contributed by atoms with E-state index in [9.17, 15) is 0 Å². The molecule has 118 valence electrons. The first kappa shape index (κ1) is 16.4. The van der Waals surface area contributed by atoms with Gasteiger partial charge in [0.25, 0.3) is 0 Å². The maximum Gasteiger partial charge on any atom is 0.0757 e. The number of nitrogens with zero attached hydrogens (tertiary/aromatic N) is 2. The van der Waals surface area contributed by atoms with Gasteiger partial charge in [0.2, 0.25) is 0 Å². The molecule has 0 saturated carbocycles. The summed E-state index contributed by atoms with van der Waals surface area (Å²) < 4.78 is 5.95. The molecule has 1 aromatic heterocycles. The largest absolute Gasteiger partial charge is 0.370 e. The predicted octanol–water partition coefficient (Wildman–Crippen LogP) is 2.58. The molecule has 4 heteroatoms. The third kappa shape index (κ3) is 5.38. The fraction of sp³-hybridized carbons (Fsp3) is 0.706. The SMILES string of the molecule is CCCNCc1ccc(CN2CC(C)OC(C)(C)C2)nc1. The summed E-state index contributed by atoms with van der Waals surface area (Å²) in [5.41, 5.74) is 2.32. The van der Waals surface area contributed by atoms with E-state index >= 15 is 0 Å². The van der Waals surface area contributed by atoms with Gasteiger partial charge in [0.15, 0.2) is 0 Å². The van der Waals surface area contributed by atoms with E-state index in [0.717, 1.165) is 44.8 Å². The Morgan fingerprint density at radius 3 is 2.86 bits per heavy atom. The summed E-state index contributed by atoms with van der Waals surface area (Å²) in [6.45, 7) is 13.4. The second-order valence-corrected chi connectivity index (χ2v) is 6.69. The van der Waals surface area contributed by atoms with E-state index in [4.69, 9.17) is 4.74 Å². The molecule has 1 N–H and O–H groups in total. The molecule has 1 aliphatic heterocycles. The van der Waals surface area contributed by atoms with Crippen molar-refractivity contribution in [1.82, 2.24) is 15.2 Å². The molecule has 2 rings (SSSR count). The number of nitrogens with one attached hydrogen (secondary N) is 1. The van der Waals surface area contributed by atoms with Crippen LogP contribution < -0.4 is 5.32 Å². The van der Waals surface area contributed by atoms with E-state index in [1.165, 1.54) is 5.56 Å². The highest BCUT2D eigenvalue weighted by Crippen LogP contribution is 2.21. The van der Waals surface area contributed by atoms with E-state index in [-0.39, 0.29) is 11.7 Å². The van der Waals surface area contributed by atoms with E-state index in [1.807, 2.05) is 6.20 Å². The lowest BCUT2D eigenvalue weighted by atomic mass is 10.1. The highest BCUT2D eigenvalue weighted by molar-refractivity contribution is 5.14. The number of rotatable bonds is 6. The van der Waals surface area contributed by atoms with Crippen molar-refractivity contribution in [1.29, 1.82) is 0 Å². The maximum atomic E-state index is 5.95. The Kier molecular flexibility index (Phi) is 5.73. The summed E-state index contributed by atoms with van der Waals surface area (Å²) in [6, 6.07) is 4.33. The Bertz CT molecular complexity index is 430. The minimum atomic E-state index is -0.0678. The van der Waals surface area contributed by atoms with Crippen LogP contribution in [0.3, 0.4) is 0 Å². The molecule has 0 aromatic carbocycles. The van der Waals surface area contributed by atoms with Gasteiger partial charge >= 0.3 is 0 Å². The zero-order valence-electron chi connectivity index (χ0n) is 13.9. The number of ether oxygens (including phenoxy) is 1. The molecule has 1 unspecified atom stereocenters. The van der Waals surface area contributed by atoms with Gasteiger partial charge in [-0.3, -0.25) is 9.88 Å². The Labute approximate surface area is 128 Å². The minimum Gasteiger partial charge on any atom is -0.370 e. The second-order valence-electron chi connectivity index (χ2n) is 6.69. The zero-order valence-corrected chi connectivity index (χ0v) is 13.9. The Morgan fingerprint density at radius 1 is 1.43 bits per heavy atom. The highest BCUT2D eigenvalue weighted by Gasteiger charge is 2.31. The summed E-state index contributed by atoms with van der Waals surface area (Å²) in [6.07, 6.45) is 3.44. The molecule has 4 nitrogen and oxygen atoms in total. The molecule has 0 bridgehead atoms. The van der Waals surface area contributed by atoms with Crippen molar-refractivity contribution in [3.63, 3.8) is 0 Å². The van der Waals surface area contributed by atoms with Gasteiger partial charge < -0.3 is 10.1 Å². The van der Waals surface area contributed by atoms with Crippen LogP contribution in [0.15, 0.2) is 18.3 Å². The first-order chi connectivity index (χ1) is 9.98. The molecule has 0 amide bonds. The Morgan fingerprint density at radius 2 is 2.24 bits per heavy atom. The lowest BCUT2D eigenvalue weighted by Crippen LogP contribution is -2.51. The lowest BCUT2D eigenvalue weighted by Gasteiger charge is -2.41. The normalized spacial score (nSPS) is 22.4. The molecule has 0 radical (unpaired) electrons. The summed E-state index contributed by atoms with van der Waals surface area (Å²) >= 11 is 0. The zero-order chi connectivity index (χ0) is 15.3. The van der Waals surface area contributed by atoms with E-state index in [2.05, 4.69) is 55.0 Å². The van der Waals surface area contributed by atoms with Crippen LogP contribution in [0.4, 0.5) is 0 Å². The lowest BCUT2D eigenvalue weighted by molar-refractivity contribution is -0.130. The summed E-state index contributed by atoms with van der Waals surface area (Å²) in [5, 5.41) is 3.40. The summed E-state index contributed by atoms with van der Waals surface area (Å²) in [7, 11) is 0. The number of morpholine rings is 1. The van der Waals surface area contributed by atoms with Gasteiger partial charge in [-0.25, -0.2) is 0 Å². The fourth-order valence-corrected chi connectivity index (χ4v) is 3.00. The third-order valence-electron chi connectivity index (χ3n) is 3.67. The second kappa shape index (κ2) is 7.34. The van der Waals surface area contributed by atoms with Crippen molar-refractivity contribution in [2.24, 2.45) is 0 Å². The van der Waals surface area contributed by atoms with E-state index in [0.29, 0.717) is 0 Å². The molecule has 21 heavy (non-hydrogen) atoms. The summed E-state index contributed by atoms with van der Waals surface area (Å²) in [5.74, 6) is 0. The van der Waals surface area contributed by atoms with Crippen molar-refractivity contribution in [3.8, 4) is 0 Å².